The fourth-order valence-electron chi connectivity index (χ4n) is 2.94. The predicted octanol–water partition coefficient (Wildman–Crippen LogP) is 4.93. The van der Waals surface area contributed by atoms with Crippen molar-refractivity contribution in [3.05, 3.63) is 77.2 Å². The van der Waals surface area contributed by atoms with Gasteiger partial charge in [0.1, 0.15) is 17.3 Å². The van der Waals surface area contributed by atoms with Crippen molar-refractivity contribution in [3.63, 3.8) is 0 Å². The van der Waals surface area contributed by atoms with E-state index < -0.39 is 23.2 Å². The second-order valence-corrected chi connectivity index (χ2v) is 7.40. The van der Waals surface area contributed by atoms with Crippen LogP contribution in [0, 0.1) is 11.6 Å². The third kappa shape index (κ3) is 3.62. The molecule has 5 nitrogen and oxygen atoms in total. The van der Waals surface area contributed by atoms with Gasteiger partial charge in [0, 0.05) is 12.6 Å². The molecule has 0 fully saturated rings. The highest BCUT2D eigenvalue weighted by Crippen LogP contribution is 2.37. The number of halogens is 2. The van der Waals surface area contributed by atoms with Gasteiger partial charge in [-0.2, -0.15) is 5.10 Å². The van der Waals surface area contributed by atoms with Gasteiger partial charge in [0.2, 0.25) is 0 Å². The predicted molar refractivity (Wildman–Crippen MR) is 111 cm³/mol. The Kier molecular flexibility index (Phi) is 4.85. The van der Waals surface area contributed by atoms with Crippen LogP contribution in [-0.2, 0) is 7.05 Å². The first-order valence-corrected chi connectivity index (χ1v) is 9.50. The van der Waals surface area contributed by atoms with E-state index in [4.69, 9.17) is 5.73 Å². The molecule has 146 valence electrons. The van der Waals surface area contributed by atoms with Gasteiger partial charge in [-0.15, -0.1) is 11.3 Å². The Morgan fingerprint density at radius 3 is 2.45 bits per heavy atom. The molecule has 4 rings (SSSR count). The minimum Gasteiger partial charge on any atom is -0.397 e. The normalized spacial score (nSPS) is 10.9. The lowest BCUT2D eigenvalue weighted by Gasteiger charge is -2.05. The van der Waals surface area contributed by atoms with Crippen LogP contribution in [-0.4, -0.2) is 15.7 Å². The Morgan fingerprint density at radius 1 is 1.07 bits per heavy atom. The fraction of sp³-hybridized carbons (Fsp3) is 0.0476. The maximum Gasteiger partial charge on any atom is 0.265 e. The molecule has 0 radical (unpaired) electrons. The van der Waals surface area contributed by atoms with Crippen molar-refractivity contribution >= 4 is 28.6 Å². The van der Waals surface area contributed by atoms with Crippen LogP contribution in [0.3, 0.4) is 0 Å². The molecule has 2 heterocycles. The van der Waals surface area contributed by atoms with Gasteiger partial charge in [-0.25, -0.2) is 8.78 Å². The summed E-state index contributed by atoms with van der Waals surface area (Å²) < 4.78 is 29.3. The van der Waals surface area contributed by atoms with Crippen LogP contribution in [0.2, 0.25) is 0 Å². The number of hydrogen-bond acceptors (Lipinski definition) is 4. The lowest BCUT2D eigenvalue weighted by molar-refractivity contribution is 0.102. The minimum atomic E-state index is -0.845. The van der Waals surface area contributed by atoms with E-state index in [2.05, 4.69) is 10.4 Å². The van der Waals surface area contributed by atoms with Gasteiger partial charge in [0.15, 0.2) is 0 Å². The molecule has 0 atom stereocenters. The Bertz CT molecular complexity index is 1180. The second kappa shape index (κ2) is 7.48. The lowest BCUT2D eigenvalue weighted by Crippen LogP contribution is -2.12. The number of carbonyl (C=O) groups is 1. The van der Waals surface area contributed by atoms with Crippen molar-refractivity contribution in [1.29, 1.82) is 0 Å². The quantitative estimate of drug-likeness (QED) is 0.501. The zero-order valence-electron chi connectivity index (χ0n) is 15.3. The number of benzene rings is 2. The number of aromatic nitrogens is 2. The number of nitrogens with one attached hydrogen (secondary N) is 1. The molecular formula is C21H16F2N4OS. The molecule has 4 aromatic rings. The van der Waals surface area contributed by atoms with Gasteiger partial charge in [0.25, 0.3) is 5.91 Å². The summed E-state index contributed by atoms with van der Waals surface area (Å²) in [5, 5.41) is 6.79. The summed E-state index contributed by atoms with van der Waals surface area (Å²) in [6, 6.07) is 16.4. The molecule has 2 aromatic heterocycles. The number of rotatable bonds is 4. The molecule has 2 aromatic carbocycles. The zero-order chi connectivity index (χ0) is 20.5. The molecule has 0 spiro atoms. The first kappa shape index (κ1) is 18.8. The molecule has 0 aliphatic heterocycles. The molecule has 8 heteroatoms. The monoisotopic (exact) mass is 410 g/mol. The third-order valence-corrected chi connectivity index (χ3v) is 5.54. The number of thiophene rings is 1. The van der Waals surface area contributed by atoms with Crippen molar-refractivity contribution in [2.75, 3.05) is 11.1 Å². The van der Waals surface area contributed by atoms with E-state index in [1.54, 1.807) is 11.7 Å². The number of carbonyl (C=O) groups excluding carboxylic acids is 1. The Morgan fingerprint density at radius 2 is 1.76 bits per heavy atom. The van der Waals surface area contributed by atoms with Gasteiger partial charge in [-0.1, -0.05) is 36.4 Å². The van der Waals surface area contributed by atoms with Crippen LogP contribution in [0.1, 0.15) is 9.67 Å². The summed E-state index contributed by atoms with van der Waals surface area (Å²) in [5.41, 5.74) is 8.49. The van der Waals surface area contributed by atoms with Crippen molar-refractivity contribution in [3.8, 4) is 21.8 Å². The molecule has 3 N–H and O–H groups in total. The van der Waals surface area contributed by atoms with Gasteiger partial charge >= 0.3 is 0 Å². The smallest absolute Gasteiger partial charge is 0.265 e. The van der Waals surface area contributed by atoms with Gasteiger partial charge < -0.3 is 11.1 Å². The summed E-state index contributed by atoms with van der Waals surface area (Å²) in [6.45, 7) is 0. The molecule has 0 aliphatic rings. The van der Waals surface area contributed by atoms with E-state index in [0.29, 0.717) is 10.6 Å². The van der Waals surface area contributed by atoms with Crippen LogP contribution in [0.5, 0.6) is 0 Å². The number of nitrogen functional groups attached to an aromatic ring is 1. The Labute approximate surface area is 169 Å². The third-order valence-electron chi connectivity index (χ3n) is 4.37. The highest BCUT2D eigenvalue weighted by atomic mass is 32.1. The number of nitrogens with zero attached hydrogens (tertiary/aromatic N) is 2. The Balaban J connectivity index is 1.65. The minimum absolute atomic E-state index is 0.239. The molecule has 29 heavy (non-hydrogen) atoms. The van der Waals surface area contributed by atoms with E-state index in [1.165, 1.54) is 12.1 Å². The Hall–Kier alpha value is -3.52. The zero-order valence-corrected chi connectivity index (χ0v) is 16.1. The maximum absolute atomic E-state index is 13.8. The molecule has 0 unspecified atom stereocenters. The van der Waals surface area contributed by atoms with E-state index in [0.717, 1.165) is 40.4 Å². The summed E-state index contributed by atoms with van der Waals surface area (Å²) in [7, 11) is 1.79. The average Bonchev–Trinajstić information content (AvgIpc) is 3.28. The van der Waals surface area contributed by atoms with Crippen LogP contribution in [0.25, 0.3) is 21.8 Å². The fourth-order valence-corrected chi connectivity index (χ4v) is 3.96. The van der Waals surface area contributed by atoms with Crippen LogP contribution < -0.4 is 11.1 Å². The van der Waals surface area contributed by atoms with Gasteiger partial charge in [-0.05, 0) is 24.3 Å². The standard InChI is InChI=1S/C21H16F2N4OS/c1-27-17(11-16(26-27)12-6-3-2-4-7-12)20-15(24)10-18(29-20)21(28)25-19-13(22)8-5-9-14(19)23/h2-11H,24H2,1H3,(H,25,28). The van der Waals surface area contributed by atoms with Crippen molar-refractivity contribution in [1.82, 2.24) is 9.78 Å². The van der Waals surface area contributed by atoms with Gasteiger partial charge in [0.05, 0.1) is 26.8 Å². The molecular weight excluding hydrogens is 394 g/mol. The highest BCUT2D eigenvalue weighted by Gasteiger charge is 2.20. The van der Waals surface area contributed by atoms with Crippen LogP contribution >= 0.6 is 11.3 Å². The number of aryl methyl sites for hydroxylation is 1. The molecule has 0 aliphatic carbocycles. The molecule has 0 saturated carbocycles. The number of anilines is 2. The van der Waals surface area contributed by atoms with E-state index in [1.807, 2.05) is 36.4 Å². The summed E-state index contributed by atoms with van der Waals surface area (Å²) >= 11 is 1.13. The number of hydrogen-bond donors (Lipinski definition) is 2. The number of amides is 1. The topological polar surface area (TPSA) is 72.9 Å². The largest absolute Gasteiger partial charge is 0.397 e. The van der Waals surface area contributed by atoms with E-state index >= 15 is 0 Å². The SMILES string of the molecule is Cn1nc(-c2ccccc2)cc1-c1sc(C(=O)Nc2c(F)cccc2F)cc1N. The van der Waals surface area contributed by atoms with Crippen molar-refractivity contribution in [2.45, 2.75) is 0 Å². The number of para-hydroxylation sites is 1. The van der Waals surface area contributed by atoms with Gasteiger partial charge in [-0.3, -0.25) is 9.48 Å². The van der Waals surface area contributed by atoms with Crippen LogP contribution in [0.15, 0.2) is 60.7 Å². The maximum atomic E-state index is 13.8. The van der Waals surface area contributed by atoms with Crippen molar-refractivity contribution < 1.29 is 13.6 Å². The average molecular weight is 410 g/mol. The highest BCUT2D eigenvalue weighted by molar-refractivity contribution is 7.18. The van der Waals surface area contributed by atoms with Crippen molar-refractivity contribution in [2.24, 2.45) is 7.05 Å². The summed E-state index contributed by atoms with van der Waals surface area (Å²) in [5.74, 6) is -2.33. The molecule has 0 bridgehead atoms. The second-order valence-electron chi connectivity index (χ2n) is 6.35. The first-order valence-electron chi connectivity index (χ1n) is 8.68. The molecule has 1 amide bonds. The summed E-state index contributed by atoms with van der Waals surface area (Å²) in [4.78, 5) is 13.4. The van der Waals surface area contributed by atoms with E-state index in [-0.39, 0.29) is 4.88 Å². The van der Waals surface area contributed by atoms with E-state index in [9.17, 15) is 13.6 Å². The molecule has 0 saturated heterocycles. The lowest BCUT2D eigenvalue weighted by atomic mass is 10.1. The van der Waals surface area contributed by atoms with Crippen LogP contribution in [0.4, 0.5) is 20.2 Å². The summed E-state index contributed by atoms with van der Waals surface area (Å²) in [6.07, 6.45) is 0. The first-order chi connectivity index (χ1) is 13.9. The number of nitrogens with two attached hydrogens (primary N) is 1.